The molecule has 2 N–H and O–H groups in total. The van der Waals surface area contributed by atoms with Gasteiger partial charge in [0.15, 0.2) is 0 Å². The highest BCUT2D eigenvalue weighted by atomic mass is 16.3. The van der Waals surface area contributed by atoms with Crippen molar-refractivity contribution in [3.8, 4) is 0 Å². The second-order valence-electron chi connectivity index (χ2n) is 3.30. The molecular formula is C10H13N3O. The summed E-state index contributed by atoms with van der Waals surface area (Å²) in [5, 5.41) is 9.87. The van der Waals surface area contributed by atoms with Crippen LogP contribution in [0.3, 0.4) is 0 Å². The molecular weight excluding hydrogens is 178 g/mol. The van der Waals surface area contributed by atoms with Gasteiger partial charge in [0.1, 0.15) is 11.5 Å². The Hall–Kier alpha value is -1.71. The molecule has 4 nitrogen and oxygen atoms in total. The molecule has 0 saturated heterocycles. The minimum absolute atomic E-state index is 0.154. The molecule has 14 heavy (non-hydrogen) atoms. The Labute approximate surface area is 82.3 Å². The summed E-state index contributed by atoms with van der Waals surface area (Å²) in [6.07, 6.45) is 3.55. The third kappa shape index (κ3) is 1.79. The fraction of sp³-hybridized carbons (Fsp3) is 0.300. The van der Waals surface area contributed by atoms with E-state index in [0.717, 1.165) is 17.2 Å². The van der Waals surface area contributed by atoms with Crippen LogP contribution in [0.1, 0.15) is 24.5 Å². The molecule has 0 amide bonds. The maximum absolute atomic E-state index is 5.50. The SMILES string of the molecule is Cc1ccc(C(C)Nc2cn[nH]c2)o1. The van der Waals surface area contributed by atoms with Gasteiger partial charge in [-0.05, 0) is 26.0 Å². The molecule has 1 unspecified atom stereocenters. The van der Waals surface area contributed by atoms with Gasteiger partial charge < -0.3 is 9.73 Å². The summed E-state index contributed by atoms with van der Waals surface area (Å²) >= 11 is 0. The molecule has 2 aromatic rings. The van der Waals surface area contributed by atoms with Crippen LogP contribution < -0.4 is 5.32 Å². The van der Waals surface area contributed by atoms with Gasteiger partial charge in [-0.15, -0.1) is 0 Å². The molecule has 0 aliphatic carbocycles. The van der Waals surface area contributed by atoms with Crippen LogP contribution in [0.2, 0.25) is 0 Å². The van der Waals surface area contributed by atoms with E-state index in [9.17, 15) is 0 Å². The van der Waals surface area contributed by atoms with E-state index >= 15 is 0 Å². The molecule has 0 spiro atoms. The molecule has 0 saturated carbocycles. The number of nitrogens with one attached hydrogen (secondary N) is 2. The minimum Gasteiger partial charge on any atom is -0.464 e. The Bertz CT molecular complexity index is 391. The van der Waals surface area contributed by atoms with Crippen molar-refractivity contribution >= 4 is 5.69 Å². The first-order chi connectivity index (χ1) is 6.75. The average Bonchev–Trinajstić information content (AvgIpc) is 2.75. The predicted molar refractivity (Wildman–Crippen MR) is 54.1 cm³/mol. The van der Waals surface area contributed by atoms with Gasteiger partial charge in [0.05, 0.1) is 17.9 Å². The maximum Gasteiger partial charge on any atom is 0.126 e. The fourth-order valence-electron chi connectivity index (χ4n) is 1.34. The van der Waals surface area contributed by atoms with E-state index in [1.54, 1.807) is 6.20 Å². The van der Waals surface area contributed by atoms with Crippen molar-refractivity contribution in [3.05, 3.63) is 36.0 Å². The quantitative estimate of drug-likeness (QED) is 0.783. The van der Waals surface area contributed by atoms with Crippen LogP contribution in [0.15, 0.2) is 28.9 Å². The third-order valence-corrected chi connectivity index (χ3v) is 2.07. The van der Waals surface area contributed by atoms with Crippen LogP contribution in [0, 0.1) is 6.92 Å². The normalized spacial score (nSPS) is 12.7. The van der Waals surface area contributed by atoms with Crippen LogP contribution in [0.4, 0.5) is 5.69 Å². The van der Waals surface area contributed by atoms with Crippen LogP contribution in [0.25, 0.3) is 0 Å². The maximum atomic E-state index is 5.50. The molecule has 2 aromatic heterocycles. The van der Waals surface area contributed by atoms with Gasteiger partial charge >= 0.3 is 0 Å². The average molecular weight is 191 g/mol. The van der Waals surface area contributed by atoms with Crippen LogP contribution in [-0.4, -0.2) is 10.2 Å². The summed E-state index contributed by atoms with van der Waals surface area (Å²) in [4.78, 5) is 0. The van der Waals surface area contributed by atoms with Crippen molar-refractivity contribution in [2.75, 3.05) is 5.32 Å². The number of nitrogens with zero attached hydrogens (tertiary/aromatic N) is 1. The number of aromatic nitrogens is 2. The monoisotopic (exact) mass is 191 g/mol. The Kier molecular flexibility index (Phi) is 2.26. The van der Waals surface area contributed by atoms with Crippen LogP contribution in [0.5, 0.6) is 0 Å². The van der Waals surface area contributed by atoms with Crippen molar-refractivity contribution in [1.82, 2.24) is 10.2 Å². The Balaban J connectivity index is 2.06. The molecule has 1 atom stereocenters. The third-order valence-electron chi connectivity index (χ3n) is 2.07. The van der Waals surface area contributed by atoms with Gasteiger partial charge in [-0.3, -0.25) is 5.10 Å². The number of H-pyrrole nitrogens is 1. The number of furan rings is 1. The highest BCUT2D eigenvalue weighted by molar-refractivity contribution is 5.39. The molecule has 0 bridgehead atoms. The summed E-state index contributed by atoms with van der Waals surface area (Å²) < 4.78 is 5.50. The van der Waals surface area contributed by atoms with E-state index in [4.69, 9.17) is 4.42 Å². The highest BCUT2D eigenvalue weighted by Crippen LogP contribution is 2.19. The van der Waals surface area contributed by atoms with Crippen molar-refractivity contribution in [1.29, 1.82) is 0 Å². The molecule has 0 radical (unpaired) electrons. The molecule has 0 aromatic carbocycles. The molecule has 0 aliphatic heterocycles. The van der Waals surface area contributed by atoms with Gasteiger partial charge in [-0.2, -0.15) is 5.10 Å². The van der Waals surface area contributed by atoms with Gasteiger partial charge in [0, 0.05) is 6.20 Å². The summed E-state index contributed by atoms with van der Waals surface area (Å²) in [7, 11) is 0. The lowest BCUT2D eigenvalue weighted by atomic mass is 10.2. The van der Waals surface area contributed by atoms with Gasteiger partial charge in [-0.1, -0.05) is 0 Å². The molecule has 2 rings (SSSR count). The van der Waals surface area contributed by atoms with Crippen molar-refractivity contribution in [2.24, 2.45) is 0 Å². The summed E-state index contributed by atoms with van der Waals surface area (Å²) in [6, 6.07) is 4.09. The molecule has 0 aliphatic rings. The topological polar surface area (TPSA) is 53.9 Å². The van der Waals surface area contributed by atoms with E-state index in [1.807, 2.05) is 32.2 Å². The summed E-state index contributed by atoms with van der Waals surface area (Å²) in [5.74, 6) is 1.87. The highest BCUT2D eigenvalue weighted by Gasteiger charge is 2.08. The number of anilines is 1. The zero-order chi connectivity index (χ0) is 9.97. The lowest BCUT2D eigenvalue weighted by Crippen LogP contribution is -2.04. The minimum atomic E-state index is 0.154. The number of hydrogen-bond donors (Lipinski definition) is 2. The molecule has 0 fully saturated rings. The first kappa shape index (κ1) is 8.87. The van der Waals surface area contributed by atoms with Crippen molar-refractivity contribution in [2.45, 2.75) is 19.9 Å². The first-order valence-corrected chi connectivity index (χ1v) is 4.57. The Morgan fingerprint density at radius 3 is 2.93 bits per heavy atom. The molecule has 2 heterocycles. The molecule has 4 heteroatoms. The largest absolute Gasteiger partial charge is 0.464 e. The van der Waals surface area contributed by atoms with E-state index in [2.05, 4.69) is 15.5 Å². The zero-order valence-corrected chi connectivity index (χ0v) is 8.24. The van der Waals surface area contributed by atoms with Crippen LogP contribution in [-0.2, 0) is 0 Å². The first-order valence-electron chi connectivity index (χ1n) is 4.57. The van der Waals surface area contributed by atoms with E-state index in [0.29, 0.717) is 0 Å². The zero-order valence-electron chi connectivity index (χ0n) is 8.24. The van der Waals surface area contributed by atoms with E-state index < -0.39 is 0 Å². The number of hydrogen-bond acceptors (Lipinski definition) is 3. The lowest BCUT2D eigenvalue weighted by molar-refractivity contribution is 0.467. The van der Waals surface area contributed by atoms with Gasteiger partial charge in [0.25, 0.3) is 0 Å². The van der Waals surface area contributed by atoms with E-state index in [-0.39, 0.29) is 6.04 Å². The smallest absolute Gasteiger partial charge is 0.126 e. The summed E-state index contributed by atoms with van der Waals surface area (Å²) in [6.45, 7) is 3.99. The van der Waals surface area contributed by atoms with Crippen molar-refractivity contribution in [3.63, 3.8) is 0 Å². The fourth-order valence-corrected chi connectivity index (χ4v) is 1.34. The summed E-state index contributed by atoms with van der Waals surface area (Å²) in [5.41, 5.74) is 0.964. The predicted octanol–water partition coefficient (Wildman–Crippen LogP) is 2.48. The standard InChI is InChI=1S/C10H13N3O/c1-7-3-4-10(14-7)8(2)13-9-5-11-12-6-9/h3-6,8,13H,1-2H3,(H,11,12). The number of aromatic amines is 1. The second kappa shape index (κ2) is 3.57. The lowest BCUT2D eigenvalue weighted by Gasteiger charge is -2.10. The van der Waals surface area contributed by atoms with Crippen molar-refractivity contribution < 1.29 is 4.42 Å². The van der Waals surface area contributed by atoms with Gasteiger partial charge in [0.2, 0.25) is 0 Å². The second-order valence-corrected chi connectivity index (χ2v) is 3.30. The molecule has 74 valence electrons. The Morgan fingerprint density at radius 2 is 2.36 bits per heavy atom. The van der Waals surface area contributed by atoms with Crippen LogP contribution >= 0.6 is 0 Å². The Morgan fingerprint density at radius 1 is 1.50 bits per heavy atom. The van der Waals surface area contributed by atoms with Gasteiger partial charge in [-0.25, -0.2) is 0 Å². The van der Waals surface area contributed by atoms with E-state index in [1.165, 1.54) is 0 Å². The number of aryl methyl sites for hydroxylation is 1. The number of rotatable bonds is 3.